The van der Waals surface area contributed by atoms with Crippen molar-refractivity contribution in [2.45, 2.75) is 52.0 Å². The number of piperidine rings is 1. The average Bonchev–Trinajstić information content (AvgIpc) is 2.45. The fourth-order valence-electron chi connectivity index (χ4n) is 4.25. The summed E-state index contributed by atoms with van der Waals surface area (Å²) in [4.78, 5) is 2.56. The number of hydrogen-bond donors (Lipinski definition) is 0. The van der Waals surface area contributed by atoms with Gasteiger partial charge in [-0.3, -0.25) is 0 Å². The Balaban J connectivity index is 1.94. The maximum absolute atomic E-state index is 9.04. The molecule has 1 aliphatic heterocycles. The lowest BCUT2D eigenvalue weighted by atomic mass is 9.69. The second kappa shape index (κ2) is 5.54. The smallest absolute Gasteiger partial charge is 0.101 e. The number of benzene rings is 1. The Labute approximate surface area is 132 Å². The lowest BCUT2D eigenvalue weighted by molar-refractivity contribution is 0.145. The Morgan fingerprint density at radius 3 is 2.76 bits per heavy atom. The van der Waals surface area contributed by atoms with E-state index in [1.807, 2.05) is 12.1 Å². The zero-order valence-electron chi connectivity index (χ0n) is 12.9. The molecule has 1 aliphatic carbocycles. The van der Waals surface area contributed by atoms with Gasteiger partial charge in [-0.15, -0.1) is 0 Å². The van der Waals surface area contributed by atoms with Crippen LogP contribution >= 0.6 is 11.6 Å². The van der Waals surface area contributed by atoms with Crippen molar-refractivity contribution in [3.05, 3.63) is 28.8 Å². The second-order valence-electron chi connectivity index (χ2n) is 7.38. The van der Waals surface area contributed by atoms with Crippen LogP contribution in [0.15, 0.2) is 18.2 Å². The lowest BCUT2D eigenvalue weighted by Crippen LogP contribution is -2.53. The van der Waals surface area contributed by atoms with Crippen LogP contribution in [-0.4, -0.2) is 12.6 Å². The van der Waals surface area contributed by atoms with Gasteiger partial charge in [0.15, 0.2) is 0 Å². The van der Waals surface area contributed by atoms with Gasteiger partial charge in [-0.2, -0.15) is 5.26 Å². The normalized spacial score (nSPS) is 27.8. The predicted octanol–water partition coefficient (Wildman–Crippen LogP) is 5.01. The first-order chi connectivity index (χ1) is 10.00. The molecule has 0 aromatic heterocycles. The van der Waals surface area contributed by atoms with Crippen LogP contribution in [0.25, 0.3) is 0 Å². The minimum absolute atomic E-state index is 0.346. The van der Waals surface area contributed by atoms with Crippen LogP contribution in [0.5, 0.6) is 0 Å². The number of fused-ring (bicyclic) bond motifs is 1. The molecule has 0 bridgehead atoms. The Kier molecular flexibility index (Phi) is 3.88. The Morgan fingerprint density at radius 2 is 2.05 bits per heavy atom. The van der Waals surface area contributed by atoms with E-state index in [1.54, 1.807) is 0 Å². The second-order valence-corrected chi connectivity index (χ2v) is 7.79. The number of hydrogen-bond acceptors (Lipinski definition) is 2. The maximum atomic E-state index is 9.04. The average molecular weight is 303 g/mol. The highest BCUT2D eigenvalue weighted by Gasteiger charge is 2.40. The summed E-state index contributed by atoms with van der Waals surface area (Å²) >= 11 is 6.25. The molecule has 3 rings (SSSR count). The largest absolute Gasteiger partial charge is 0.368 e. The topological polar surface area (TPSA) is 27.0 Å². The van der Waals surface area contributed by atoms with Crippen molar-refractivity contribution in [1.82, 2.24) is 0 Å². The van der Waals surface area contributed by atoms with Crippen LogP contribution in [0.1, 0.15) is 51.5 Å². The molecule has 2 fully saturated rings. The Bertz CT molecular complexity index is 573. The van der Waals surface area contributed by atoms with Gasteiger partial charge in [-0.25, -0.2) is 0 Å². The zero-order valence-corrected chi connectivity index (χ0v) is 13.7. The highest BCUT2D eigenvalue weighted by Crippen LogP contribution is 2.44. The van der Waals surface area contributed by atoms with E-state index in [0.717, 1.165) is 12.5 Å². The van der Waals surface area contributed by atoms with Crippen molar-refractivity contribution in [1.29, 1.82) is 5.26 Å². The van der Waals surface area contributed by atoms with Crippen LogP contribution < -0.4 is 4.90 Å². The number of nitrogens with zero attached hydrogens (tertiary/aromatic N) is 2. The van der Waals surface area contributed by atoms with Gasteiger partial charge >= 0.3 is 0 Å². The Morgan fingerprint density at radius 1 is 1.29 bits per heavy atom. The van der Waals surface area contributed by atoms with E-state index in [1.165, 1.54) is 37.8 Å². The molecule has 112 valence electrons. The number of rotatable bonds is 1. The van der Waals surface area contributed by atoms with Gasteiger partial charge in [0.05, 0.1) is 10.6 Å². The Hall–Kier alpha value is -1.20. The third kappa shape index (κ3) is 2.90. The van der Waals surface area contributed by atoms with Crippen LogP contribution in [-0.2, 0) is 0 Å². The molecule has 1 saturated carbocycles. The highest BCUT2D eigenvalue weighted by atomic mass is 35.5. The SMILES string of the molecule is CC1(C)C[C@H]2CCCC[C@@H]2N(c2ccc(C#N)c(Cl)c2)C1. The van der Waals surface area contributed by atoms with Crippen LogP contribution in [0.4, 0.5) is 5.69 Å². The molecule has 1 aromatic rings. The van der Waals surface area contributed by atoms with E-state index in [2.05, 4.69) is 30.9 Å². The van der Waals surface area contributed by atoms with Gasteiger partial charge in [-0.1, -0.05) is 38.3 Å². The quantitative estimate of drug-likeness (QED) is 0.729. The molecule has 1 aromatic carbocycles. The highest BCUT2D eigenvalue weighted by molar-refractivity contribution is 6.32. The van der Waals surface area contributed by atoms with Crippen molar-refractivity contribution in [2.24, 2.45) is 11.3 Å². The first-order valence-electron chi connectivity index (χ1n) is 7.96. The molecule has 1 saturated heterocycles. The summed E-state index contributed by atoms with van der Waals surface area (Å²) in [5.41, 5.74) is 2.10. The molecule has 3 heteroatoms. The van der Waals surface area contributed by atoms with Crippen molar-refractivity contribution in [3.8, 4) is 6.07 Å². The minimum atomic E-state index is 0.346. The van der Waals surface area contributed by atoms with E-state index < -0.39 is 0 Å². The molecule has 0 N–H and O–H groups in total. The van der Waals surface area contributed by atoms with Crippen molar-refractivity contribution >= 4 is 17.3 Å². The minimum Gasteiger partial charge on any atom is -0.368 e. The summed E-state index contributed by atoms with van der Waals surface area (Å²) in [6.45, 7) is 5.82. The number of halogens is 1. The summed E-state index contributed by atoms with van der Waals surface area (Å²) in [6.07, 6.45) is 6.69. The van der Waals surface area contributed by atoms with Crippen LogP contribution in [0, 0.1) is 22.7 Å². The summed E-state index contributed by atoms with van der Waals surface area (Å²) in [7, 11) is 0. The van der Waals surface area contributed by atoms with Gasteiger partial charge in [0.1, 0.15) is 6.07 Å². The van der Waals surface area contributed by atoms with E-state index in [9.17, 15) is 0 Å². The van der Waals surface area contributed by atoms with Gasteiger partial charge in [0.2, 0.25) is 0 Å². The van der Waals surface area contributed by atoms with Crippen molar-refractivity contribution in [3.63, 3.8) is 0 Å². The number of anilines is 1. The first kappa shape index (κ1) is 14.7. The van der Waals surface area contributed by atoms with Crippen molar-refractivity contribution < 1.29 is 0 Å². The van der Waals surface area contributed by atoms with E-state index in [-0.39, 0.29) is 0 Å². The molecular formula is C18H23ClN2. The molecule has 2 atom stereocenters. The predicted molar refractivity (Wildman–Crippen MR) is 87.7 cm³/mol. The number of nitriles is 1. The van der Waals surface area contributed by atoms with Gasteiger partial charge in [0, 0.05) is 18.3 Å². The van der Waals surface area contributed by atoms with Crippen LogP contribution in [0.3, 0.4) is 0 Å². The summed E-state index contributed by atoms with van der Waals surface area (Å²) in [5.74, 6) is 0.803. The zero-order chi connectivity index (χ0) is 15.0. The molecule has 0 amide bonds. The van der Waals surface area contributed by atoms with E-state index in [4.69, 9.17) is 16.9 Å². The molecule has 2 aliphatic rings. The molecule has 0 unspecified atom stereocenters. The lowest BCUT2D eigenvalue weighted by Gasteiger charge is -2.51. The molecule has 0 radical (unpaired) electrons. The first-order valence-corrected chi connectivity index (χ1v) is 8.34. The summed E-state index contributed by atoms with van der Waals surface area (Å²) < 4.78 is 0. The monoisotopic (exact) mass is 302 g/mol. The fourth-order valence-corrected chi connectivity index (χ4v) is 4.46. The van der Waals surface area contributed by atoms with Crippen LogP contribution in [0.2, 0.25) is 5.02 Å². The van der Waals surface area contributed by atoms with Crippen molar-refractivity contribution in [2.75, 3.05) is 11.4 Å². The molecule has 2 nitrogen and oxygen atoms in total. The third-order valence-corrected chi connectivity index (χ3v) is 5.40. The van der Waals surface area contributed by atoms with Gasteiger partial charge in [-0.05, 0) is 48.8 Å². The standard InChI is InChI=1S/C18H23ClN2/c1-18(2)10-13-5-3-4-6-17(13)21(12-18)15-8-7-14(11-20)16(19)9-15/h7-9,13,17H,3-6,10,12H2,1-2H3/t13-,17+/m1/s1. The fraction of sp³-hybridized carbons (Fsp3) is 0.611. The summed E-state index contributed by atoms with van der Waals surface area (Å²) in [6, 6.07) is 8.70. The van der Waals surface area contributed by atoms with Gasteiger partial charge in [0.25, 0.3) is 0 Å². The third-order valence-electron chi connectivity index (χ3n) is 5.09. The molecular weight excluding hydrogens is 280 g/mol. The van der Waals surface area contributed by atoms with Gasteiger partial charge < -0.3 is 4.90 Å². The van der Waals surface area contributed by atoms with E-state index in [0.29, 0.717) is 22.0 Å². The molecule has 1 heterocycles. The molecule has 21 heavy (non-hydrogen) atoms. The maximum Gasteiger partial charge on any atom is 0.101 e. The van der Waals surface area contributed by atoms with E-state index >= 15 is 0 Å². The summed E-state index contributed by atoms with van der Waals surface area (Å²) in [5, 5.41) is 9.62. The molecule has 0 spiro atoms.